The molecule has 0 radical (unpaired) electrons. The predicted molar refractivity (Wildman–Crippen MR) is 58.6 cm³/mol. The van der Waals surface area contributed by atoms with Crippen LogP contribution in [-0.4, -0.2) is 54.5 Å². The predicted octanol–water partition coefficient (Wildman–Crippen LogP) is -0.193. The number of nitrogens with two attached hydrogens (primary N) is 1. The van der Waals surface area contributed by atoms with Gasteiger partial charge in [-0.1, -0.05) is 0 Å². The van der Waals surface area contributed by atoms with Crippen LogP contribution >= 0.6 is 0 Å². The number of morpholine rings is 1. The van der Waals surface area contributed by atoms with E-state index < -0.39 is 5.60 Å². The maximum absolute atomic E-state index is 10.4. The van der Waals surface area contributed by atoms with E-state index in [9.17, 15) is 5.11 Å². The van der Waals surface area contributed by atoms with Gasteiger partial charge in [-0.2, -0.15) is 0 Å². The SMILES string of the molecule is CC1CN(CC(O)(CN)C2CC2)CCO1. The number of nitrogens with zero attached hydrogens (tertiary/aromatic N) is 1. The van der Waals surface area contributed by atoms with E-state index in [1.54, 1.807) is 0 Å². The van der Waals surface area contributed by atoms with Crippen molar-refractivity contribution < 1.29 is 9.84 Å². The second kappa shape index (κ2) is 4.37. The number of rotatable bonds is 4. The smallest absolute Gasteiger partial charge is 0.0923 e. The molecule has 1 saturated heterocycles. The molecule has 0 bridgehead atoms. The molecule has 1 aliphatic carbocycles. The van der Waals surface area contributed by atoms with Gasteiger partial charge in [0.1, 0.15) is 0 Å². The zero-order chi connectivity index (χ0) is 10.9. The van der Waals surface area contributed by atoms with E-state index in [0.29, 0.717) is 19.0 Å². The summed E-state index contributed by atoms with van der Waals surface area (Å²) in [5, 5.41) is 10.4. The summed E-state index contributed by atoms with van der Waals surface area (Å²) in [5.74, 6) is 0.431. The van der Waals surface area contributed by atoms with Crippen molar-refractivity contribution in [3.8, 4) is 0 Å². The minimum Gasteiger partial charge on any atom is -0.387 e. The lowest BCUT2D eigenvalue weighted by atomic mass is 9.97. The Morgan fingerprint density at radius 1 is 1.53 bits per heavy atom. The van der Waals surface area contributed by atoms with Gasteiger partial charge in [0.05, 0.1) is 18.3 Å². The van der Waals surface area contributed by atoms with Crippen LogP contribution in [0.4, 0.5) is 0 Å². The van der Waals surface area contributed by atoms with E-state index in [1.807, 2.05) is 0 Å². The molecule has 0 spiro atoms. The molecule has 2 rings (SSSR count). The Hall–Kier alpha value is -0.160. The largest absolute Gasteiger partial charge is 0.387 e. The Labute approximate surface area is 91.4 Å². The third kappa shape index (κ3) is 2.69. The summed E-state index contributed by atoms with van der Waals surface area (Å²) in [5.41, 5.74) is 5.04. The highest BCUT2D eigenvalue weighted by Gasteiger charge is 2.44. The number of β-amino-alcohol motifs (C(OH)–C–C–N with tert-alkyl or cyclic N) is 1. The first-order chi connectivity index (χ1) is 7.14. The first kappa shape index (κ1) is 11.3. The molecular weight excluding hydrogens is 192 g/mol. The van der Waals surface area contributed by atoms with E-state index >= 15 is 0 Å². The van der Waals surface area contributed by atoms with Crippen molar-refractivity contribution in [2.45, 2.75) is 31.5 Å². The standard InChI is InChI=1S/C11H22N2O2/c1-9-6-13(4-5-15-9)8-11(14,7-12)10-2-3-10/h9-10,14H,2-8,12H2,1H3. The molecule has 2 fully saturated rings. The fraction of sp³-hybridized carbons (Fsp3) is 1.00. The highest BCUT2D eigenvalue weighted by atomic mass is 16.5. The molecule has 3 N–H and O–H groups in total. The van der Waals surface area contributed by atoms with Crippen LogP contribution in [0.2, 0.25) is 0 Å². The van der Waals surface area contributed by atoms with E-state index in [-0.39, 0.29) is 6.10 Å². The van der Waals surface area contributed by atoms with Gasteiger partial charge < -0.3 is 15.6 Å². The van der Waals surface area contributed by atoms with Crippen molar-refractivity contribution >= 4 is 0 Å². The summed E-state index contributed by atoms with van der Waals surface area (Å²) in [6.45, 7) is 5.76. The first-order valence-electron chi connectivity index (χ1n) is 5.90. The van der Waals surface area contributed by atoms with Gasteiger partial charge in [0.25, 0.3) is 0 Å². The van der Waals surface area contributed by atoms with Gasteiger partial charge in [0, 0.05) is 26.2 Å². The van der Waals surface area contributed by atoms with Crippen LogP contribution in [0, 0.1) is 5.92 Å². The number of aliphatic hydroxyl groups is 1. The quantitative estimate of drug-likeness (QED) is 0.681. The van der Waals surface area contributed by atoms with Crippen molar-refractivity contribution in [2.24, 2.45) is 11.7 Å². The van der Waals surface area contributed by atoms with Gasteiger partial charge in [-0.05, 0) is 25.7 Å². The highest BCUT2D eigenvalue weighted by Crippen LogP contribution is 2.39. The average Bonchev–Trinajstić information content (AvgIpc) is 3.01. The Bertz CT molecular complexity index is 221. The van der Waals surface area contributed by atoms with Crippen molar-refractivity contribution in [2.75, 3.05) is 32.8 Å². The van der Waals surface area contributed by atoms with Crippen molar-refractivity contribution in [3.63, 3.8) is 0 Å². The molecule has 0 aromatic heterocycles. The first-order valence-corrected chi connectivity index (χ1v) is 5.90. The van der Waals surface area contributed by atoms with Crippen LogP contribution in [0.5, 0.6) is 0 Å². The third-order valence-electron chi connectivity index (χ3n) is 3.51. The zero-order valence-corrected chi connectivity index (χ0v) is 9.48. The van der Waals surface area contributed by atoms with Gasteiger partial charge in [-0.15, -0.1) is 0 Å². The Morgan fingerprint density at radius 3 is 2.80 bits per heavy atom. The fourth-order valence-corrected chi connectivity index (χ4v) is 2.40. The summed E-state index contributed by atoms with van der Waals surface area (Å²) in [6.07, 6.45) is 2.54. The zero-order valence-electron chi connectivity index (χ0n) is 9.48. The second-order valence-electron chi connectivity index (χ2n) is 5.00. The average molecular weight is 214 g/mol. The molecule has 1 saturated carbocycles. The summed E-state index contributed by atoms with van der Waals surface area (Å²) in [7, 11) is 0. The maximum Gasteiger partial charge on any atom is 0.0923 e. The van der Waals surface area contributed by atoms with Gasteiger partial charge in [-0.25, -0.2) is 0 Å². The molecule has 0 aromatic carbocycles. The fourth-order valence-electron chi connectivity index (χ4n) is 2.40. The second-order valence-corrected chi connectivity index (χ2v) is 5.00. The Morgan fingerprint density at radius 2 is 2.27 bits per heavy atom. The Kier molecular flexibility index (Phi) is 3.30. The lowest BCUT2D eigenvalue weighted by Crippen LogP contribution is -2.53. The molecule has 4 heteroatoms. The molecule has 1 heterocycles. The van der Waals surface area contributed by atoms with Gasteiger partial charge in [-0.3, -0.25) is 4.90 Å². The summed E-state index contributed by atoms with van der Waals surface area (Å²) >= 11 is 0. The van der Waals surface area contributed by atoms with Crippen molar-refractivity contribution in [1.82, 2.24) is 4.90 Å². The number of hydrogen-bond acceptors (Lipinski definition) is 4. The van der Waals surface area contributed by atoms with Crippen LogP contribution < -0.4 is 5.73 Å². The molecule has 0 aromatic rings. The van der Waals surface area contributed by atoms with Crippen molar-refractivity contribution in [3.05, 3.63) is 0 Å². The van der Waals surface area contributed by atoms with E-state index in [2.05, 4.69) is 11.8 Å². The molecular formula is C11H22N2O2. The minimum absolute atomic E-state index is 0.278. The summed E-state index contributed by atoms with van der Waals surface area (Å²) in [6, 6.07) is 0. The Balaban J connectivity index is 1.88. The van der Waals surface area contributed by atoms with Crippen LogP contribution in [0.25, 0.3) is 0 Å². The van der Waals surface area contributed by atoms with Crippen LogP contribution in [0.1, 0.15) is 19.8 Å². The van der Waals surface area contributed by atoms with Gasteiger partial charge in [0.2, 0.25) is 0 Å². The molecule has 1 aliphatic heterocycles. The van der Waals surface area contributed by atoms with Crippen LogP contribution in [-0.2, 0) is 4.74 Å². The van der Waals surface area contributed by atoms with Gasteiger partial charge in [0.15, 0.2) is 0 Å². The highest BCUT2D eigenvalue weighted by molar-refractivity contribution is 4.97. The molecule has 4 nitrogen and oxygen atoms in total. The number of ether oxygens (including phenoxy) is 1. The molecule has 2 aliphatic rings. The van der Waals surface area contributed by atoms with Gasteiger partial charge >= 0.3 is 0 Å². The van der Waals surface area contributed by atoms with Crippen LogP contribution in [0.3, 0.4) is 0 Å². The lowest BCUT2D eigenvalue weighted by molar-refractivity contribution is -0.0630. The molecule has 88 valence electrons. The van der Waals surface area contributed by atoms with E-state index in [0.717, 1.165) is 32.5 Å². The maximum atomic E-state index is 10.4. The molecule has 2 atom stereocenters. The van der Waals surface area contributed by atoms with E-state index in [1.165, 1.54) is 0 Å². The minimum atomic E-state index is -0.656. The summed E-state index contributed by atoms with van der Waals surface area (Å²) in [4.78, 5) is 2.28. The van der Waals surface area contributed by atoms with E-state index in [4.69, 9.17) is 10.5 Å². The third-order valence-corrected chi connectivity index (χ3v) is 3.51. The van der Waals surface area contributed by atoms with Crippen LogP contribution in [0.15, 0.2) is 0 Å². The topological polar surface area (TPSA) is 58.7 Å². The molecule has 0 amide bonds. The monoisotopic (exact) mass is 214 g/mol. The van der Waals surface area contributed by atoms with Crippen molar-refractivity contribution in [1.29, 1.82) is 0 Å². The number of hydrogen-bond donors (Lipinski definition) is 2. The normalized spacial score (nSPS) is 32.6. The summed E-state index contributed by atoms with van der Waals surface area (Å²) < 4.78 is 5.48. The lowest BCUT2D eigenvalue weighted by Gasteiger charge is -2.37. The molecule has 2 unspecified atom stereocenters. The molecule has 15 heavy (non-hydrogen) atoms.